The molecule has 0 saturated carbocycles. The molecule has 1 aromatic heterocycles. The van der Waals surface area contributed by atoms with Crippen LogP contribution in [-0.4, -0.2) is 44.5 Å². The van der Waals surface area contributed by atoms with Crippen LogP contribution in [0.4, 0.5) is 5.13 Å². The number of nitrogens with two attached hydrogens (primary N) is 1. The Bertz CT molecular complexity index is 470. The Hall–Kier alpha value is -0.700. The zero-order chi connectivity index (χ0) is 13.1. The van der Waals surface area contributed by atoms with E-state index in [4.69, 9.17) is 10.5 Å². The Kier molecular flexibility index (Phi) is 4.87. The number of nitrogens with zero attached hydrogens (tertiary/aromatic N) is 2. The second-order valence-corrected chi connectivity index (χ2v) is 6.58. The maximum atomic E-state index is 12.3. The van der Waals surface area contributed by atoms with Crippen LogP contribution in [0.15, 0.2) is 4.21 Å². The molecule has 0 radical (unpaired) electrons. The van der Waals surface area contributed by atoms with Crippen LogP contribution in [0.5, 0.6) is 0 Å². The summed E-state index contributed by atoms with van der Waals surface area (Å²) in [7, 11) is -1.97. The average molecular weight is 279 g/mol. The van der Waals surface area contributed by atoms with Gasteiger partial charge in [0, 0.05) is 20.2 Å². The fourth-order valence-electron chi connectivity index (χ4n) is 1.40. The third kappa shape index (κ3) is 3.15. The van der Waals surface area contributed by atoms with E-state index in [0.717, 1.165) is 11.3 Å². The van der Waals surface area contributed by atoms with E-state index in [1.807, 2.05) is 0 Å². The number of nitrogen functional groups attached to an aromatic ring is 1. The number of rotatable bonds is 6. The number of methoxy groups -OCH3 is 1. The van der Waals surface area contributed by atoms with E-state index in [2.05, 4.69) is 4.98 Å². The number of aryl methyl sites for hydroxylation is 1. The van der Waals surface area contributed by atoms with E-state index in [1.54, 1.807) is 13.8 Å². The Labute approximate surface area is 105 Å². The highest BCUT2D eigenvalue weighted by Crippen LogP contribution is 2.27. The Morgan fingerprint density at radius 1 is 1.53 bits per heavy atom. The molecule has 8 heteroatoms. The molecule has 0 amide bonds. The minimum absolute atomic E-state index is 0.216. The number of aromatic nitrogens is 1. The molecule has 0 spiro atoms. The van der Waals surface area contributed by atoms with E-state index in [0.29, 0.717) is 25.4 Å². The monoisotopic (exact) mass is 279 g/mol. The van der Waals surface area contributed by atoms with Crippen molar-refractivity contribution in [1.29, 1.82) is 0 Å². The van der Waals surface area contributed by atoms with Crippen molar-refractivity contribution in [2.75, 3.05) is 32.5 Å². The molecule has 2 N–H and O–H groups in total. The predicted octanol–water partition coefficient (Wildman–Crippen LogP) is 0.691. The normalized spacial score (nSPS) is 12.2. The molecular weight excluding hydrogens is 262 g/mol. The first-order chi connectivity index (χ1) is 7.93. The summed E-state index contributed by atoms with van der Waals surface area (Å²) in [6, 6.07) is 0. The molecule has 98 valence electrons. The van der Waals surface area contributed by atoms with Crippen LogP contribution in [0.2, 0.25) is 0 Å². The zero-order valence-corrected chi connectivity index (χ0v) is 11.8. The molecule has 0 aliphatic rings. The molecule has 1 heterocycles. The van der Waals surface area contributed by atoms with Crippen LogP contribution >= 0.6 is 11.3 Å². The summed E-state index contributed by atoms with van der Waals surface area (Å²) in [4.78, 5) is 3.93. The molecule has 17 heavy (non-hydrogen) atoms. The lowest BCUT2D eigenvalue weighted by Crippen LogP contribution is -2.33. The van der Waals surface area contributed by atoms with E-state index in [9.17, 15) is 8.42 Å². The number of anilines is 1. The third-order valence-corrected chi connectivity index (χ3v) is 5.79. The minimum atomic E-state index is -3.50. The van der Waals surface area contributed by atoms with Crippen molar-refractivity contribution in [3.63, 3.8) is 0 Å². The molecule has 0 unspecified atom stereocenters. The molecule has 0 fully saturated rings. The maximum Gasteiger partial charge on any atom is 0.254 e. The predicted molar refractivity (Wildman–Crippen MR) is 67.6 cm³/mol. The number of thiazole rings is 1. The molecule has 0 aromatic carbocycles. The molecule has 0 atom stereocenters. The second kappa shape index (κ2) is 5.76. The first kappa shape index (κ1) is 14.4. The third-order valence-electron chi connectivity index (χ3n) is 2.24. The van der Waals surface area contributed by atoms with Gasteiger partial charge in [0.2, 0.25) is 0 Å². The summed E-state index contributed by atoms with van der Waals surface area (Å²) in [5, 5.41) is 0.267. The Morgan fingerprint density at radius 2 is 2.18 bits per heavy atom. The van der Waals surface area contributed by atoms with Crippen LogP contribution in [0.3, 0.4) is 0 Å². The van der Waals surface area contributed by atoms with Crippen molar-refractivity contribution >= 4 is 26.5 Å². The highest BCUT2D eigenvalue weighted by molar-refractivity contribution is 7.91. The van der Waals surface area contributed by atoms with Crippen LogP contribution in [0.25, 0.3) is 0 Å². The maximum absolute atomic E-state index is 12.3. The van der Waals surface area contributed by atoms with Gasteiger partial charge in [-0.2, -0.15) is 4.31 Å². The molecule has 6 nitrogen and oxygen atoms in total. The molecular formula is C9H17N3O3S2. The average Bonchev–Trinajstić information content (AvgIpc) is 2.59. The standard InChI is InChI=1S/C9H17N3O3S2/c1-4-12(5-6-15-3)17(13,14)8-7(2)11-9(10)16-8/h4-6H2,1-3H3,(H2,10,11). The topological polar surface area (TPSA) is 85.5 Å². The Balaban J connectivity index is 3.04. The first-order valence-corrected chi connectivity index (χ1v) is 7.41. The van der Waals surface area contributed by atoms with Gasteiger partial charge in [-0.1, -0.05) is 18.3 Å². The lowest BCUT2D eigenvalue weighted by molar-refractivity contribution is 0.180. The molecule has 0 bridgehead atoms. The Morgan fingerprint density at radius 3 is 2.59 bits per heavy atom. The summed E-state index contributed by atoms with van der Waals surface area (Å²) in [5.41, 5.74) is 5.97. The van der Waals surface area contributed by atoms with Gasteiger partial charge in [-0.25, -0.2) is 13.4 Å². The zero-order valence-electron chi connectivity index (χ0n) is 10.1. The van der Waals surface area contributed by atoms with Crippen LogP contribution in [0, 0.1) is 6.92 Å². The molecule has 1 aromatic rings. The van der Waals surface area contributed by atoms with Gasteiger partial charge in [0.05, 0.1) is 12.3 Å². The van der Waals surface area contributed by atoms with Gasteiger partial charge in [-0.15, -0.1) is 0 Å². The summed E-state index contributed by atoms with van der Waals surface area (Å²) >= 11 is 0.995. The van der Waals surface area contributed by atoms with Gasteiger partial charge >= 0.3 is 0 Å². The number of hydrogen-bond donors (Lipinski definition) is 1. The highest BCUT2D eigenvalue weighted by Gasteiger charge is 2.27. The quantitative estimate of drug-likeness (QED) is 0.828. The highest BCUT2D eigenvalue weighted by atomic mass is 32.2. The van der Waals surface area contributed by atoms with Crippen molar-refractivity contribution in [2.24, 2.45) is 0 Å². The summed E-state index contributed by atoms with van der Waals surface area (Å²) < 4.78 is 31.0. The summed E-state index contributed by atoms with van der Waals surface area (Å²) in [6.07, 6.45) is 0. The first-order valence-electron chi connectivity index (χ1n) is 5.15. The smallest absolute Gasteiger partial charge is 0.254 e. The van der Waals surface area contributed by atoms with E-state index >= 15 is 0 Å². The fourth-order valence-corrected chi connectivity index (χ4v) is 4.27. The number of likely N-dealkylation sites (N-methyl/N-ethyl adjacent to an activating group) is 1. The lowest BCUT2D eigenvalue weighted by atomic mass is 10.6. The number of hydrogen-bond acceptors (Lipinski definition) is 6. The molecule has 0 aliphatic carbocycles. The van der Waals surface area contributed by atoms with Gasteiger partial charge in [0.15, 0.2) is 9.34 Å². The van der Waals surface area contributed by atoms with Crippen molar-refractivity contribution in [2.45, 2.75) is 18.1 Å². The van der Waals surface area contributed by atoms with Gasteiger partial charge in [-0.05, 0) is 6.92 Å². The van der Waals surface area contributed by atoms with Gasteiger partial charge < -0.3 is 10.5 Å². The van der Waals surface area contributed by atoms with Crippen molar-refractivity contribution < 1.29 is 13.2 Å². The van der Waals surface area contributed by atoms with Crippen molar-refractivity contribution in [1.82, 2.24) is 9.29 Å². The van der Waals surface area contributed by atoms with Crippen LogP contribution < -0.4 is 5.73 Å². The summed E-state index contributed by atoms with van der Waals surface area (Å²) in [5.74, 6) is 0. The van der Waals surface area contributed by atoms with Crippen LogP contribution in [-0.2, 0) is 14.8 Å². The van der Waals surface area contributed by atoms with Gasteiger partial charge in [0.25, 0.3) is 10.0 Å². The van der Waals surface area contributed by atoms with Crippen LogP contribution in [0.1, 0.15) is 12.6 Å². The summed E-state index contributed by atoms with van der Waals surface area (Å²) in [6.45, 7) is 4.51. The number of ether oxygens (including phenoxy) is 1. The van der Waals surface area contributed by atoms with Crippen molar-refractivity contribution in [3.05, 3.63) is 5.69 Å². The largest absolute Gasteiger partial charge is 0.383 e. The minimum Gasteiger partial charge on any atom is -0.383 e. The van der Waals surface area contributed by atoms with E-state index in [1.165, 1.54) is 11.4 Å². The second-order valence-electron chi connectivity index (χ2n) is 3.41. The molecule has 0 saturated heterocycles. The van der Waals surface area contributed by atoms with E-state index in [-0.39, 0.29) is 9.34 Å². The molecule has 1 rings (SSSR count). The van der Waals surface area contributed by atoms with E-state index < -0.39 is 10.0 Å². The van der Waals surface area contributed by atoms with Gasteiger partial charge in [0.1, 0.15) is 0 Å². The lowest BCUT2D eigenvalue weighted by Gasteiger charge is -2.19. The number of sulfonamides is 1. The fraction of sp³-hybridized carbons (Fsp3) is 0.667. The molecule has 0 aliphatic heterocycles. The SMILES string of the molecule is CCN(CCOC)S(=O)(=O)c1sc(N)nc1C. The van der Waals surface area contributed by atoms with Crippen molar-refractivity contribution in [3.8, 4) is 0 Å². The van der Waals surface area contributed by atoms with Gasteiger partial charge in [-0.3, -0.25) is 0 Å².